The van der Waals surface area contributed by atoms with Gasteiger partial charge in [-0.05, 0) is 0 Å². The molecule has 0 aliphatic carbocycles. The van der Waals surface area contributed by atoms with Crippen molar-refractivity contribution < 1.29 is 10.9 Å². The van der Waals surface area contributed by atoms with Gasteiger partial charge in [0.2, 0.25) is 0 Å². The molecule has 192 valence electrons. The van der Waals surface area contributed by atoms with Gasteiger partial charge in [0.15, 0.2) is 0 Å². The van der Waals surface area contributed by atoms with Crippen LogP contribution < -0.4 is 14.0 Å². The van der Waals surface area contributed by atoms with E-state index < -0.39 is 27.9 Å². The third kappa shape index (κ3) is 4.03. The molecule has 0 N–H and O–H groups in total. The topological polar surface area (TPSA) is 43.4 Å². The van der Waals surface area contributed by atoms with Crippen LogP contribution in [0.3, 0.4) is 0 Å². The van der Waals surface area contributed by atoms with Crippen molar-refractivity contribution in [3.8, 4) is 0 Å². The zero-order valence-corrected chi connectivity index (χ0v) is 24.5. The molecule has 0 heterocycles. The van der Waals surface area contributed by atoms with Gasteiger partial charge in [-0.2, -0.15) is 0 Å². The van der Waals surface area contributed by atoms with Crippen LogP contribution in [-0.2, 0) is 12.6 Å². The first-order valence-corrected chi connectivity index (χ1v) is 20.3. The number of hydrogen-bond donors (Lipinski definition) is 0. The van der Waals surface area contributed by atoms with Gasteiger partial charge in [0, 0.05) is 0 Å². The summed E-state index contributed by atoms with van der Waals surface area (Å²) in [6.45, 7) is 0. The summed E-state index contributed by atoms with van der Waals surface area (Å²) in [5.41, 5.74) is 0. The Morgan fingerprint density at radius 2 is 0.769 bits per heavy atom. The van der Waals surface area contributed by atoms with Gasteiger partial charge < -0.3 is 0 Å². The van der Waals surface area contributed by atoms with E-state index in [0.29, 0.717) is 5.39 Å². The summed E-state index contributed by atoms with van der Waals surface area (Å²) in [5.74, 6) is 0. The second-order valence-corrected chi connectivity index (χ2v) is 24.0. The van der Waals surface area contributed by atoms with E-state index in [1.54, 1.807) is 12.1 Å². The molecule has 0 saturated heterocycles. The number of rotatable bonds is 7. The number of fused-ring (bicyclic) bond motifs is 1. The molecule has 0 unspecified atom stereocenters. The zero-order chi connectivity index (χ0) is 26.8. The first kappa shape index (κ1) is 25.6. The molecule has 0 atom stereocenters. The van der Waals surface area contributed by atoms with Crippen LogP contribution in [0, 0.1) is 0 Å². The van der Waals surface area contributed by atoms with Crippen LogP contribution in [0.2, 0.25) is 0 Å². The Kier molecular flexibility index (Phi) is 6.64. The van der Waals surface area contributed by atoms with Gasteiger partial charge in [-0.15, -0.1) is 0 Å². The number of benzene rings is 6. The first-order valence-electron chi connectivity index (χ1n) is 12.7. The van der Waals surface area contributed by atoms with E-state index in [0.717, 1.165) is 19.4 Å². The molecule has 0 spiro atoms. The molecule has 0 aliphatic rings. The van der Waals surface area contributed by atoms with Crippen molar-refractivity contribution >= 4 is 52.7 Å². The van der Waals surface area contributed by atoms with Gasteiger partial charge in [-0.1, -0.05) is 0 Å². The molecule has 3 nitrogen and oxygen atoms in total. The Bertz CT molecular complexity index is 1670. The minimum absolute atomic E-state index is 0.164. The fourth-order valence-electron chi connectivity index (χ4n) is 5.57. The van der Waals surface area contributed by atoms with E-state index in [1.807, 2.05) is 152 Å². The van der Waals surface area contributed by atoms with Crippen LogP contribution in [0.15, 0.2) is 169 Å². The molecule has 0 amide bonds. The van der Waals surface area contributed by atoms with E-state index >= 15 is 0 Å². The molecule has 5 heteroatoms. The van der Waals surface area contributed by atoms with Gasteiger partial charge in [-0.3, -0.25) is 0 Å². The zero-order valence-electron chi connectivity index (χ0n) is 21.2. The van der Waals surface area contributed by atoms with Crippen LogP contribution >= 0.6 is 0 Å². The summed E-state index contributed by atoms with van der Waals surface area (Å²) in [6, 6.07) is 52.5. The molecule has 0 aliphatic heterocycles. The molecule has 6 aromatic rings. The average molecular weight is 637 g/mol. The molecule has 0 aromatic heterocycles. The summed E-state index contributed by atoms with van der Waals surface area (Å²) in [7, 11) is -4.31. The Balaban J connectivity index is 1.82. The monoisotopic (exact) mass is 636 g/mol. The molecule has 6 aromatic carbocycles. The predicted octanol–water partition coefficient (Wildman–Crippen LogP) is 5.07. The summed E-state index contributed by atoms with van der Waals surface area (Å²) >= 11 is -5.62. The maximum atomic E-state index is 14.8. The Labute approximate surface area is 231 Å². The van der Waals surface area contributed by atoms with E-state index in [-0.39, 0.29) is 4.90 Å². The van der Waals surface area contributed by atoms with Gasteiger partial charge in [0.1, 0.15) is 0 Å². The Hall–Kier alpha value is -3.69. The van der Waals surface area contributed by atoms with Gasteiger partial charge >= 0.3 is 232 Å². The van der Waals surface area contributed by atoms with Crippen molar-refractivity contribution in [3.05, 3.63) is 164 Å². The van der Waals surface area contributed by atoms with E-state index in [2.05, 4.69) is 0 Å². The third-order valence-corrected chi connectivity index (χ3v) is 27.5. The van der Waals surface area contributed by atoms with Crippen LogP contribution in [0.5, 0.6) is 0 Å². The van der Waals surface area contributed by atoms with E-state index in [1.165, 1.54) is 0 Å². The van der Waals surface area contributed by atoms with Crippen molar-refractivity contribution in [3.63, 3.8) is 0 Å². The van der Waals surface area contributed by atoms with Crippen molar-refractivity contribution in [2.75, 3.05) is 0 Å². The van der Waals surface area contributed by atoms with Crippen LogP contribution in [0.1, 0.15) is 0 Å². The van der Waals surface area contributed by atoms with Crippen LogP contribution in [-0.4, -0.2) is 26.2 Å². The average Bonchev–Trinajstić information content (AvgIpc) is 3.01. The molecule has 6 rings (SSSR count). The third-order valence-electron chi connectivity index (χ3n) is 7.26. The Morgan fingerprint density at radius 3 is 1.21 bits per heavy atom. The second kappa shape index (κ2) is 10.1. The molecule has 0 saturated carbocycles. The normalized spacial score (nSPS) is 13.0. The van der Waals surface area contributed by atoms with Crippen molar-refractivity contribution in [1.29, 1.82) is 0 Å². The molecule has 0 bridgehead atoms. The second-order valence-electron chi connectivity index (χ2n) is 9.38. The molecule has 0 fully saturated rings. The van der Waals surface area contributed by atoms with E-state index in [9.17, 15) is 8.42 Å². The van der Waals surface area contributed by atoms with Gasteiger partial charge in [0.05, 0.1) is 0 Å². The summed E-state index contributed by atoms with van der Waals surface area (Å²) in [5, 5.41) is 1.48. The maximum absolute atomic E-state index is 14.8. The van der Waals surface area contributed by atoms with E-state index in [4.69, 9.17) is 2.46 Å². The van der Waals surface area contributed by atoms with Gasteiger partial charge in [-0.25, -0.2) is 0 Å². The fourth-order valence-corrected chi connectivity index (χ4v) is 27.6. The standard InChI is InChI=1S/C10H8O3S.4C6H5.Sb/c11-14(12,13)10-7-3-5-8-4-1-2-6-9(8)10;4*1-2-4-6-5-3-1;/h1-7H,(H,11,12,13);4*1-5H;/q;;;;;+1/p-1. The fraction of sp³-hybridized carbons (Fsp3) is 0. The van der Waals surface area contributed by atoms with Gasteiger partial charge in [0.25, 0.3) is 0 Å². The van der Waals surface area contributed by atoms with Crippen molar-refractivity contribution in [1.82, 2.24) is 0 Å². The van der Waals surface area contributed by atoms with Crippen molar-refractivity contribution in [2.24, 2.45) is 0 Å². The summed E-state index contributed by atoms with van der Waals surface area (Å²) in [6.07, 6.45) is 0. The molecular weight excluding hydrogens is 610 g/mol. The molecule has 39 heavy (non-hydrogen) atoms. The SMILES string of the molecule is O=S(=O)([O][Sb]([c]1ccccc1)([c]1ccccc1)([c]1ccccc1)[c]1ccccc1)c1cccc2ccccc12. The van der Waals surface area contributed by atoms with Crippen LogP contribution in [0.4, 0.5) is 0 Å². The molecule has 0 radical (unpaired) electrons. The number of hydrogen-bond acceptors (Lipinski definition) is 3. The molecular formula is C34H27O3SSb. The van der Waals surface area contributed by atoms with Crippen LogP contribution in [0.25, 0.3) is 10.8 Å². The minimum atomic E-state index is -5.62. The Morgan fingerprint density at radius 1 is 0.410 bits per heavy atom. The summed E-state index contributed by atoms with van der Waals surface area (Å²) < 4.78 is 40.2. The first-order chi connectivity index (χ1) is 19.1. The summed E-state index contributed by atoms with van der Waals surface area (Å²) in [4.78, 5) is 0.164. The van der Waals surface area contributed by atoms with Crippen molar-refractivity contribution in [2.45, 2.75) is 4.90 Å². The quantitative estimate of drug-likeness (QED) is 0.230. The predicted molar refractivity (Wildman–Crippen MR) is 162 cm³/mol.